The Bertz CT molecular complexity index is 1400. The van der Waals surface area contributed by atoms with Gasteiger partial charge in [0.05, 0.1) is 11.1 Å². The highest BCUT2D eigenvalue weighted by atomic mass is 32.2. The lowest BCUT2D eigenvalue weighted by atomic mass is 9.91. The minimum Gasteiger partial charge on any atom is -0.398 e. The van der Waals surface area contributed by atoms with Crippen LogP contribution in [0.4, 0.5) is 17.5 Å². The number of carbonyl (C=O) groups excluding carboxylic acids is 1. The van der Waals surface area contributed by atoms with E-state index < -0.39 is 0 Å². The first-order chi connectivity index (χ1) is 18.0. The number of nitrogens with one attached hydrogen (secondary N) is 2. The quantitative estimate of drug-likeness (QED) is 0.278. The average Bonchev–Trinajstić information content (AvgIpc) is 2.91. The topological polar surface area (TPSA) is 96.2 Å². The third-order valence-corrected chi connectivity index (χ3v) is 7.84. The normalized spacial score (nSPS) is 17.4. The molecule has 0 saturated heterocycles. The number of para-hydroxylation sites is 2. The predicted octanol–water partition coefficient (Wildman–Crippen LogP) is 5.58. The lowest BCUT2D eigenvalue weighted by molar-refractivity contribution is 0.0923. The van der Waals surface area contributed by atoms with Gasteiger partial charge in [0, 0.05) is 47.0 Å². The average molecular weight is 513 g/mol. The Morgan fingerprint density at radius 3 is 2.27 bits per heavy atom. The number of anilines is 3. The van der Waals surface area contributed by atoms with Crippen LogP contribution < -0.4 is 21.3 Å². The Balaban J connectivity index is 1.21. The lowest BCUT2D eigenvalue weighted by Crippen LogP contribution is -2.40. The number of hydrogen-bond acceptors (Lipinski definition) is 7. The first kappa shape index (κ1) is 24.9. The van der Waals surface area contributed by atoms with Crippen molar-refractivity contribution in [3.8, 4) is 0 Å². The van der Waals surface area contributed by atoms with Crippen molar-refractivity contribution in [2.24, 2.45) is 0 Å². The van der Waals surface area contributed by atoms with Crippen LogP contribution in [-0.4, -0.2) is 42.1 Å². The summed E-state index contributed by atoms with van der Waals surface area (Å²) in [5.41, 5.74) is 8.44. The van der Waals surface area contributed by atoms with Gasteiger partial charge >= 0.3 is 0 Å². The number of amides is 1. The van der Waals surface area contributed by atoms with Gasteiger partial charge in [0.2, 0.25) is 5.95 Å². The second-order valence-electron chi connectivity index (χ2n) is 9.58. The van der Waals surface area contributed by atoms with Crippen molar-refractivity contribution in [1.29, 1.82) is 0 Å². The molecule has 0 unspecified atom stereocenters. The number of nitrogen functional groups attached to an aromatic ring is 1. The molecule has 0 radical (unpaired) electrons. The summed E-state index contributed by atoms with van der Waals surface area (Å²) in [6, 6.07) is 23.9. The van der Waals surface area contributed by atoms with Gasteiger partial charge in [-0.1, -0.05) is 48.2 Å². The molecule has 5 rings (SSSR count). The number of benzene rings is 3. The van der Waals surface area contributed by atoms with Crippen molar-refractivity contribution in [3.05, 3.63) is 78.4 Å². The summed E-state index contributed by atoms with van der Waals surface area (Å²) >= 11 is 1.52. The molecule has 1 amide bonds. The molecule has 3 aromatic carbocycles. The largest absolute Gasteiger partial charge is 0.398 e. The van der Waals surface area contributed by atoms with E-state index in [0.717, 1.165) is 52.2 Å². The number of nitrogens with zero attached hydrogens (tertiary/aromatic N) is 3. The molecule has 0 aliphatic heterocycles. The van der Waals surface area contributed by atoms with Crippen LogP contribution in [0, 0.1) is 0 Å². The molecule has 1 fully saturated rings. The van der Waals surface area contributed by atoms with Crippen molar-refractivity contribution in [1.82, 2.24) is 15.3 Å². The second kappa shape index (κ2) is 11.1. The Hall–Kier alpha value is -3.78. The first-order valence-corrected chi connectivity index (χ1v) is 13.4. The molecule has 1 heterocycles. The van der Waals surface area contributed by atoms with E-state index >= 15 is 0 Å². The Morgan fingerprint density at radius 2 is 1.51 bits per heavy atom. The van der Waals surface area contributed by atoms with E-state index in [-0.39, 0.29) is 18.0 Å². The van der Waals surface area contributed by atoms with Crippen molar-refractivity contribution < 1.29 is 4.79 Å². The van der Waals surface area contributed by atoms with Gasteiger partial charge in [-0.05, 0) is 62.1 Å². The summed E-state index contributed by atoms with van der Waals surface area (Å²) in [6.45, 7) is 0. The molecule has 1 saturated carbocycles. The highest BCUT2D eigenvalue weighted by Crippen LogP contribution is 2.34. The number of nitrogens with two attached hydrogens (primary N) is 1. The number of aromatic nitrogens is 2. The van der Waals surface area contributed by atoms with Gasteiger partial charge in [-0.25, -0.2) is 4.98 Å². The van der Waals surface area contributed by atoms with Gasteiger partial charge in [-0.15, -0.1) is 0 Å². The van der Waals surface area contributed by atoms with Gasteiger partial charge in [0.1, 0.15) is 5.82 Å². The van der Waals surface area contributed by atoms with Crippen molar-refractivity contribution >= 4 is 46.0 Å². The summed E-state index contributed by atoms with van der Waals surface area (Å²) < 4.78 is 0. The molecular formula is C29H32N6OS. The SMILES string of the molecule is CN(C)c1nc(NC2CCC(NC(=O)c3ccccc3Sc3ccccc3N)CC2)nc2ccccc12. The molecule has 37 heavy (non-hydrogen) atoms. The number of fused-ring (bicyclic) bond motifs is 1. The van der Waals surface area contributed by atoms with Crippen molar-refractivity contribution in [3.63, 3.8) is 0 Å². The van der Waals surface area contributed by atoms with Crippen LogP contribution in [0.2, 0.25) is 0 Å². The molecule has 4 N–H and O–H groups in total. The summed E-state index contributed by atoms with van der Waals surface area (Å²) in [7, 11) is 4.00. The van der Waals surface area contributed by atoms with Crippen molar-refractivity contribution in [2.75, 3.05) is 30.0 Å². The van der Waals surface area contributed by atoms with Gasteiger partial charge in [-0.2, -0.15) is 4.98 Å². The van der Waals surface area contributed by atoms with Crippen LogP contribution >= 0.6 is 11.8 Å². The molecule has 0 bridgehead atoms. The molecule has 4 aromatic rings. The molecule has 1 aromatic heterocycles. The van der Waals surface area contributed by atoms with E-state index in [1.807, 2.05) is 91.8 Å². The Kier molecular flexibility index (Phi) is 7.46. The van der Waals surface area contributed by atoms with Crippen LogP contribution in [-0.2, 0) is 0 Å². The van der Waals surface area contributed by atoms with Gasteiger partial charge in [0.25, 0.3) is 5.91 Å². The fourth-order valence-corrected chi connectivity index (χ4v) is 5.72. The summed E-state index contributed by atoms with van der Waals surface area (Å²) in [5, 5.41) is 7.84. The minimum atomic E-state index is -0.0394. The Morgan fingerprint density at radius 1 is 0.865 bits per heavy atom. The summed E-state index contributed by atoms with van der Waals surface area (Å²) in [5.74, 6) is 1.52. The molecule has 1 aliphatic carbocycles. The van der Waals surface area contributed by atoms with E-state index in [2.05, 4.69) is 10.6 Å². The first-order valence-electron chi connectivity index (χ1n) is 12.6. The van der Waals surface area contributed by atoms with Gasteiger partial charge < -0.3 is 21.3 Å². The monoisotopic (exact) mass is 512 g/mol. The standard InChI is InChI=1S/C29H32N6OS/c1-35(2)27-21-9-3-6-12-24(21)33-29(34-27)32-20-17-15-19(16-18-20)31-28(36)22-10-4-7-13-25(22)37-26-14-8-5-11-23(26)30/h3-14,19-20H,15-18,30H2,1-2H3,(H,31,36)(H,32,33,34). The van der Waals surface area contributed by atoms with Crippen LogP contribution in [0.15, 0.2) is 82.6 Å². The van der Waals surface area contributed by atoms with E-state index in [9.17, 15) is 4.79 Å². The zero-order valence-electron chi connectivity index (χ0n) is 21.1. The summed E-state index contributed by atoms with van der Waals surface area (Å²) in [6.07, 6.45) is 3.68. The minimum absolute atomic E-state index is 0.0394. The smallest absolute Gasteiger partial charge is 0.252 e. The Labute approximate surface area is 221 Å². The molecule has 190 valence electrons. The predicted molar refractivity (Wildman–Crippen MR) is 152 cm³/mol. The maximum atomic E-state index is 13.2. The van der Waals surface area contributed by atoms with Gasteiger partial charge in [0.15, 0.2) is 0 Å². The molecular weight excluding hydrogens is 480 g/mol. The summed E-state index contributed by atoms with van der Waals surface area (Å²) in [4.78, 5) is 26.6. The molecule has 0 atom stereocenters. The van der Waals surface area contributed by atoms with Crippen LogP contribution in [0.25, 0.3) is 10.9 Å². The second-order valence-corrected chi connectivity index (χ2v) is 10.7. The highest BCUT2D eigenvalue weighted by molar-refractivity contribution is 7.99. The van der Waals surface area contributed by atoms with E-state index in [0.29, 0.717) is 17.2 Å². The maximum Gasteiger partial charge on any atom is 0.252 e. The zero-order chi connectivity index (χ0) is 25.8. The molecule has 8 heteroatoms. The molecule has 7 nitrogen and oxygen atoms in total. The third kappa shape index (κ3) is 5.80. The van der Waals surface area contributed by atoms with Crippen molar-refractivity contribution in [2.45, 2.75) is 47.6 Å². The van der Waals surface area contributed by atoms with E-state index in [1.54, 1.807) is 0 Å². The fraction of sp³-hybridized carbons (Fsp3) is 0.276. The fourth-order valence-electron chi connectivity index (χ4n) is 4.73. The van der Waals surface area contributed by atoms with E-state index in [1.165, 1.54) is 11.8 Å². The van der Waals surface area contributed by atoms with Crippen LogP contribution in [0.1, 0.15) is 36.0 Å². The third-order valence-electron chi connectivity index (χ3n) is 6.67. The van der Waals surface area contributed by atoms with Crippen LogP contribution in [0.5, 0.6) is 0 Å². The number of carbonyl (C=O) groups is 1. The molecule has 0 spiro atoms. The lowest BCUT2D eigenvalue weighted by Gasteiger charge is -2.30. The maximum absolute atomic E-state index is 13.2. The molecule has 1 aliphatic rings. The van der Waals surface area contributed by atoms with E-state index in [4.69, 9.17) is 15.7 Å². The number of hydrogen-bond donors (Lipinski definition) is 3. The van der Waals surface area contributed by atoms with Crippen LogP contribution in [0.3, 0.4) is 0 Å². The highest BCUT2D eigenvalue weighted by Gasteiger charge is 2.24. The number of rotatable bonds is 7. The zero-order valence-corrected chi connectivity index (χ0v) is 22.0. The van der Waals surface area contributed by atoms with Gasteiger partial charge in [-0.3, -0.25) is 4.79 Å².